The number of aromatic nitrogens is 3. The molecule has 0 radical (unpaired) electrons. The molecule has 0 aliphatic carbocycles. The zero-order valence-corrected chi connectivity index (χ0v) is 9.85. The summed E-state index contributed by atoms with van der Waals surface area (Å²) in [7, 11) is 0. The number of benzene rings is 1. The highest BCUT2D eigenvalue weighted by atomic mass is 35.5. The van der Waals surface area contributed by atoms with Crippen LogP contribution in [-0.2, 0) is 0 Å². The number of aromatic hydroxyl groups is 1. The fourth-order valence-corrected chi connectivity index (χ4v) is 2.09. The van der Waals surface area contributed by atoms with E-state index in [1.165, 1.54) is 10.7 Å². The van der Waals surface area contributed by atoms with Crippen LogP contribution in [0.25, 0.3) is 16.8 Å². The third-order valence-corrected chi connectivity index (χ3v) is 3.01. The molecule has 18 heavy (non-hydrogen) atoms. The van der Waals surface area contributed by atoms with Crippen LogP contribution in [-0.4, -0.2) is 19.7 Å². The average molecular weight is 262 g/mol. The van der Waals surface area contributed by atoms with Gasteiger partial charge < -0.3 is 10.1 Å². The predicted molar refractivity (Wildman–Crippen MR) is 67.9 cm³/mol. The normalized spacial score (nSPS) is 10.9. The van der Waals surface area contributed by atoms with Crippen molar-refractivity contribution in [3.8, 4) is 17.0 Å². The fourth-order valence-electron chi connectivity index (χ4n) is 1.86. The van der Waals surface area contributed by atoms with Gasteiger partial charge in [0.1, 0.15) is 11.2 Å². The van der Waals surface area contributed by atoms with Gasteiger partial charge in [-0.1, -0.05) is 29.8 Å². The summed E-state index contributed by atoms with van der Waals surface area (Å²) in [4.78, 5) is 14.6. The highest BCUT2D eigenvalue weighted by Gasteiger charge is 2.16. The van der Waals surface area contributed by atoms with Gasteiger partial charge >= 0.3 is 0 Å². The van der Waals surface area contributed by atoms with E-state index in [0.717, 1.165) is 0 Å². The van der Waals surface area contributed by atoms with Gasteiger partial charge in [0.25, 0.3) is 5.56 Å². The lowest BCUT2D eigenvalue weighted by Gasteiger charge is -2.07. The Morgan fingerprint density at radius 3 is 2.83 bits per heavy atom. The van der Waals surface area contributed by atoms with E-state index in [1.54, 1.807) is 30.3 Å². The molecule has 1 aromatic carbocycles. The quantitative estimate of drug-likeness (QED) is 0.704. The van der Waals surface area contributed by atoms with Crippen LogP contribution in [0, 0.1) is 0 Å². The maximum absolute atomic E-state index is 12.0. The maximum atomic E-state index is 12.0. The smallest absolute Gasteiger partial charge is 0.262 e. The van der Waals surface area contributed by atoms with Crippen LogP contribution in [0.1, 0.15) is 0 Å². The van der Waals surface area contributed by atoms with Crippen molar-refractivity contribution in [3.63, 3.8) is 0 Å². The van der Waals surface area contributed by atoms with E-state index >= 15 is 0 Å². The number of rotatable bonds is 1. The van der Waals surface area contributed by atoms with Gasteiger partial charge in [-0.05, 0) is 6.07 Å². The molecular weight excluding hydrogens is 254 g/mol. The van der Waals surface area contributed by atoms with E-state index in [0.29, 0.717) is 16.2 Å². The Kier molecular flexibility index (Phi) is 2.34. The summed E-state index contributed by atoms with van der Waals surface area (Å²) in [6, 6.07) is 8.42. The van der Waals surface area contributed by atoms with Gasteiger partial charge in [0, 0.05) is 16.7 Å². The van der Waals surface area contributed by atoms with Crippen LogP contribution in [0.2, 0.25) is 5.02 Å². The molecule has 3 rings (SSSR count). The SMILES string of the molecule is O=c1[nH]c2ccnn2c(O)c1-c1ccccc1Cl. The Labute approximate surface area is 106 Å². The van der Waals surface area contributed by atoms with Crippen LogP contribution >= 0.6 is 11.6 Å². The lowest BCUT2D eigenvalue weighted by atomic mass is 10.1. The van der Waals surface area contributed by atoms with Gasteiger partial charge in [-0.3, -0.25) is 4.79 Å². The molecule has 0 aliphatic heterocycles. The molecule has 2 aromatic heterocycles. The second kappa shape index (κ2) is 3.89. The topological polar surface area (TPSA) is 70.4 Å². The minimum absolute atomic E-state index is 0.108. The van der Waals surface area contributed by atoms with Crippen LogP contribution in [0.5, 0.6) is 5.88 Å². The van der Waals surface area contributed by atoms with Crippen molar-refractivity contribution < 1.29 is 5.11 Å². The highest BCUT2D eigenvalue weighted by Crippen LogP contribution is 2.30. The van der Waals surface area contributed by atoms with Gasteiger partial charge in [0.2, 0.25) is 5.88 Å². The zero-order chi connectivity index (χ0) is 12.7. The standard InChI is InChI=1S/C12H8ClN3O2/c13-8-4-2-1-3-7(8)10-11(17)15-9-5-6-14-16(9)12(10)18/h1-6,18H,(H,15,17). The van der Waals surface area contributed by atoms with Gasteiger partial charge in [-0.25, -0.2) is 0 Å². The summed E-state index contributed by atoms with van der Waals surface area (Å²) in [5.41, 5.74) is 0.592. The largest absolute Gasteiger partial charge is 0.493 e. The molecule has 2 heterocycles. The van der Waals surface area contributed by atoms with Crippen molar-refractivity contribution in [3.05, 3.63) is 51.9 Å². The van der Waals surface area contributed by atoms with Gasteiger partial charge in [0.15, 0.2) is 0 Å². The Hall–Kier alpha value is -2.27. The molecule has 5 nitrogen and oxygen atoms in total. The Morgan fingerprint density at radius 1 is 1.28 bits per heavy atom. The summed E-state index contributed by atoms with van der Waals surface area (Å²) in [6.07, 6.45) is 1.49. The minimum atomic E-state index is -0.409. The zero-order valence-electron chi connectivity index (χ0n) is 9.09. The molecule has 0 aliphatic rings. The number of aromatic amines is 1. The molecule has 0 saturated carbocycles. The molecule has 0 amide bonds. The van der Waals surface area contributed by atoms with Crippen molar-refractivity contribution in [1.29, 1.82) is 0 Å². The summed E-state index contributed by atoms with van der Waals surface area (Å²) < 4.78 is 1.25. The van der Waals surface area contributed by atoms with Crippen molar-refractivity contribution in [2.24, 2.45) is 0 Å². The number of nitrogens with zero attached hydrogens (tertiary/aromatic N) is 2. The monoisotopic (exact) mass is 261 g/mol. The molecule has 2 N–H and O–H groups in total. The molecule has 0 spiro atoms. The third-order valence-electron chi connectivity index (χ3n) is 2.68. The molecule has 0 bridgehead atoms. The van der Waals surface area contributed by atoms with Crippen LogP contribution in [0.15, 0.2) is 41.3 Å². The van der Waals surface area contributed by atoms with Crippen LogP contribution in [0.3, 0.4) is 0 Å². The lowest BCUT2D eigenvalue weighted by Crippen LogP contribution is -2.12. The van der Waals surface area contributed by atoms with Crippen molar-refractivity contribution in [2.45, 2.75) is 0 Å². The minimum Gasteiger partial charge on any atom is -0.493 e. The fraction of sp³-hybridized carbons (Fsp3) is 0. The molecule has 0 unspecified atom stereocenters. The van der Waals surface area contributed by atoms with E-state index in [2.05, 4.69) is 10.1 Å². The first-order valence-corrected chi connectivity index (χ1v) is 5.60. The van der Waals surface area contributed by atoms with Gasteiger partial charge in [-0.15, -0.1) is 0 Å². The first-order chi connectivity index (χ1) is 8.68. The Bertz CT molecular complexity index is 791. The maximum Gasteiger partial charge on any atom is 0.262 e. The second-order valence-corrected chi connectivity index (χ2v) is 4.17. The Morgan fingerprint density at radius 2 is 2.06 bits per heavy atom. The second-order valence-electron chi connectivity index (χ2n) is 3.76. The van der Waals surface area contributed by atoms with E-state index in [1.807, 2.05) is 0 Å². The molecular formula is C12H8ClN3O2. The van der Waals surface area contributed by atoms with Crippen molar-refractivity contribution >= 4 is 17.2 Å². The molecule has 6 heteroatoms. The average Bonchev–Trinajstić information content (AvgIpc) is 2.79. The number of fused-ring (bicyclic) bond motifs is 1. The number of halogens is 1. The van der Waals surface area contributed by atoms with Crippen LogP contribution < -0.4 is 5.56 Å². The molecule has 90 valence electrons. The summed E-state index contributed by atoms with van der Waals surface area (Å²) in [5, 5.41) is 14.4. The molecule has 0 fully saturated rings. The van der Waals surface area contributed by atoms with Crippen molar-refractivity contribution in [2.75, 3.05) is 0 Å². The number of hydrogen-bond donors (Lipinski definition) is 2. The highest BCUT2D eigenvalue weighted by molar-refractivity contribution is 6.33. The van der Waals surface area contributed by atoms with Gasteiger partial charge in [0.05, 0.1) is 6.20 Å². The van der Waals surface area contributed by atoms with E-state index < -0.39 is 5.56 Å². The number of nitrogens with one attached hydrogen (secondary N) is 1. The van der Waals surface area contributed by atoms with Gasteiger partial charge in [-0.2, -0.15) is 9.61 Å². The first-order valence-electron chi connectivity index (χ1n) is 5.22. The molecule has 0 atom stereocenters. The number of H-pyrrole nitrogens is 1. The summed E-state index contributed by atoms with van der Waals surface area (Å²) in [6.45, 7) is 0. The van der Waals surface area contributed by atoms with E-state index in [9.17, 15) is 9.90 Å². The first kappa shape index (κ1) is 10.9. The third kappa shape index (κ3) is 1.48. The summed E-state index contributed by atoms with van der Waals surface area (Å²) in [5.74, 6) is -0.230. The predicted octanol–water partition coefficient (Wildman–Crippen LogP) is 2.05. The molecule has 0 saturated heterocycles. The van der Waals surface area contributed by atoms with Crippen LogP contribution in [0.4, 0.5) is 0 Å². The Balaban J connectivity index is 2.43. The molecule has 3 aromatic rings. The van der Waals surface area contributed by atoms with E-state index in [-0.39, 0.29) is 11.4 Å². The lowest BCUT2D eigenvalue weighted by molar-refractivity contribution is 0.437. The number of hydrogen-bond acceptors (Lipinski definition) is 3. The van der Waals surface area contributed by atoms with Crippen molar-refractivity contribution in [1.82, 2.24) is 14.6 Å². The van der Waals surface area contributed by atoms with E-state index in [4.69, 9.17) is 11.6 Å². The summed E-state index contributed by atoms with van der Waals surface area (Å²) >= 11 is 6.03.